The Morgan fingerprint density at radius 2 is 0.933 bits per heavy atom. The largest absolute Gasteiger partial charge is 0.497 e. The van der Waals surface area contributed by atoms with Crippen molar-refractivity contribution in [2.75, 3.05) is 38.1 Å². The van der Waals surface area contributed by atoms with Gasteiger partial charge >= 0.3 is 0 Å². The lowest BCUT2D eigenvalue weighted by Gasteiger charge is -2.30. The van der Waals surface area contributed by atoms with E-state index in [1.807, 2.05) is 24.3 Å². The van der Waals surface area contributed by atoms with Gasteiger partial charge in [-0.05, 0) is 80.4 Å². The molecule has 0 radical (unpaired) electrons. The maximum atomic E-state index is 13.2. The summed E-state index contributed by atoms with van der Waals surface area (Å²) in [5, 5.41) is 0. The van der Waals surface area contributed by atoms with Crippen molar-refractivity contribution in [1.82, 2.24) is 0 Å². The summed E-state index contributed by atoms with van der Waals surface area (Å²) in [5.74, 6) is 0.816. The number of hydrogen-bond donors (Lipinski definition) is 0. The number of halogens is 2. The zero-order chi connectivity index (χ0) is 22.0. The van der Waals surface area contributed by atoms with E-state index in [0.717, 1.165) is 11.4 Å². The van der Waals surface area contributed by atoms with Gasteiger partial charge in [0.25, 0.3) is 0 Å². The van der Waals surface area contributed by atoms with Crippen LogP contribution in [-0.2, 0) is 9.59 Å². The average molecular weight is 536 g/mol. The first kappa shape index (κ1) is 22.1. The minimum absolute atomic E-state index is 0.198. The van der Waals surface area contributed by atoms with Crippen LogP contribution in [0.15, 0.2) is 68.9 Å². The van der Waals surface area contributed by atoms with Crippen LogP contribution in [0.1, 0.15) is 0 Å². The van der Waals surface area contributed by atoms with Gasteiger partial charge in [-0.3, -0.25) is 9.59 Å². The number of carbonyl (C=O) groups is 2. The van der Waals surface area contributed by atoms with Crippen molar-refractivity contribution in [1.29, 1.82) is 0 Å². The van der Waals surface area contributed by atoms with Crippen molar-refractivity contribution in [3.8, 4) is 11.5 Å². The minimum Gasteiger partial charge on any atom is -0.497 e. The molecule has 0 fully saturated rings. The fourth-order valence-corrected chi connectivity index (χ4v) is 4.36. The molecular formula is C22H20Br2N2O4. The molecule has 3 rings (SSSR count). The third-order valence-electron chi connectivity index (χ3n) is 4.83. The smallest absolute Gasteiger partial charge is 0.219 e. The Bertz CT molecular complexity index is 958. The maximum Gasteiger partial charge on any atom is 0.219 e. The lowest BCUT2D eigenvalue weighted by Crippen LogP contribution is -2.35. The topological polar surface area (TPSA) is 59.1 Å². The number of hydrogen-bond acceptors (Lipinski definition) is 6. The van der Waals surface area contributed by atoms with Gasteiger partial charge in [0.15, 0.2) is 0 Å². The summed E-state index contributed by atoms with van der Waals surface area (Å²) in [6, 6.07) is 14.5. The Balaban J connectivity index is 1.96. The van der Waals surface area contributed by atoms with Crippen molar-refractivity contribution >= 4 is 54.8 Å². The molecule has 0 spiro atoms. The number of anilines is 2. The van der Waals surface area contributed by atoms with Crippen LogP contribution in [0.2, 0.25) is 0 Å². The van der Waals surface area contributed by atoms with Crippen molar-refractivity contribution in [2.45, 2.75) is 0 Å². The van der Waals surface area contributed by atoms with Crippen LogP contribution in [0, 0.1) is 0 Å². The van der Waals surface area contributed by atoms with E-state index in [0.29, 0.717) is 11.5 Å². The fraction of sp³-hybridized carbons (Fsp3) is 0.182. The number of allylic oxidation sites excluding steroid dienone is 2. The van der Waals surface area contributed by atoms with Gasteiger partial charge < -0.3 is 19.3 Å². The number of carbonyl (C=O) groups excluding carboxylic acids is 2. The third-order valence-corrected chi connectivity index (χ3v) is 6.31. The lowest BCUT2D eigenvalue weighted by atomic mass is 10.0. The van der Waals surface area contributed by atoms with Crippen molar-refractivity contribution in [2.24, 2.45) is 0 Å². The normalized spacial score (nSPS) is 14.2. The van der Waals surface area contributed by atoms with E-state index in [9.17, 15) is 9.59 Å². The Morgan fingerprint density at radius 3 is 1.20 bits per heavy atom. The number of methoxy groups -OCH3 is 2. The molecule has 1 aliphatic carbocycles. The molecule has 0 heterocycles. The molecule has 0 saturated carbocycles. The molecule has 0 saturated heterocycles. The predicted molar refractivity (Wildman–Crippen MR) is 125 cm³/mol. The summed E-state index contributed by atoms with van der Waals surface area (Å²) in [5.41, 5.74) is 2.00. The SMILES string of the molecule is COc1ccc(N(C)C2=C(Br)C(=O)C(N(C)c3ccc(OC)cc3)=C(Br)C2=O)cc1. The van der Waals surface area contributed by atoms with E-state index in [-0.39, 0.29) is 31.9 Å². The molecule has 0 N–H and O–H groups in total. The van der Waals surface area contributed by atoms with Gasteiger partial charge in [0.1, 0.15) is 22.9 Å². The first-order chi connectivity index (χ1) is 14.3. The second-order valence-electron chi connectivity index (χ2n) is 6.50. The molecule has 0 aliphatic heterocycles. The van der Waals surface area contributed by atoms with Crippen LogP contribution in [0.5, 0.6) is 11.5 Å². The van der Waals surface area contributed by atoms with E-state index < -0.39 is 0 Å². The molecule has 2 aromatic carbocycles. The van der Waals surface area contributed by atoms with E-state index in [1.54, 1.807) is 62.4 Å². The summed E-state index contributed by atoms with van der Waals surface area (Å²) >= 11 is 6.72. The Hall–Kier alpha value is -2.58. The highest BCUT2D eigenvalue weighted by Crippen LogP contribution is 2.37. The quantitative estimate of drug-likeness (QED) is 0.502. The molecule has 0 atom stereocenters. The van der Waals surface area contributed by atoms with Gasteiger partial charge in [-0.15, -0.1) is 0 Å². The Morgan fingerprint density at radius 1 is 0.633 bits per heavy atom. The highest BCUT2D eigenvalue weighted by atomic mass is 79.9. The number of benzene rings is 2. The van der Waals surface area contributed by atoms with E-state index >= 15 is 0 Å². The maximum absolute atomic E-state index is 13.2. The van der Waals surface area contributed by atoms with E-state index in [2.05, 4.69) is 31.9 Å². The molecule has 6 nitrogen and oxygen atoms in total. The summed E-state index contributed by atoms with van der Waals surface area (Å²) in [6.07, 6.45) is 0. The van der Waals surface area contributed by atoms with Crippen LogP contribution in [0.25, 0.3) is 0 Å². The third kappa shape index (κ3) is 4.02. The van der Waals surface area contributed by atoms with Gasteiger partial charge in [0.05, 0.1) is 23.2 Å². The average Bonchev–Trinajstić information content (AvgIpc) is 2.78. The van der Waals surface area contributed by atoms with E-state index in [1.165, 1.54) is 0 Å². The molecule has 0 aromatic heterocycles. The summed E-state index contributed by atoms with van der Waals surface area (Å²) in [4.78, 5) is 29.8. The van der Waals surface area contributed by atoms with Gasteiger partial charge in [0.2, 0.25) is 11.6 Å². The first-order valence-corrected chi connectivity index (χ1v) is 10.5. The first-order valence-electron chi connectivity index (χ1n) is 8.94. The number of ether oxygens (including phenoxy) is 2. The summed E-state index contributed by atoms with van der Waals surface area (Å²) in [7, 11) is 6.65. The second kappa shape index (κ2) is 9.06. The monoisotopic (exact) mass is 534 g/mol. The molecule has 0 amide bonds. The summed E-state index contributed by atoms with van der Waals surface area (Å²) in [6.45, 7) is 0. The molecular weight excluding hydrogens is 516 g/mol. The van der Waals surface area contributed by atoms with Crippen molar-refractivity contribution < 1.29 is 19.1 Å². The zero-order valence-corrected chi connectivity index (χ0v) is 20.1. The molecule has 30 heavy (non-hydrogen) atoms. The fourth-order valence-electron chi connectivity index (χ4n) is 3.09. The Labute approximate surface area is 192 Å². The van der Waals surface area contributed by atoms with Crippen LogP contribution >= 0.6 is 31.9 Å². The van der Waals surface area contributed by atoms with Crippen LogP contribution < -0.4 is 19.3 Å². The number of ketones is 2. The van der Waals surface area contributed by atoms with Gasteiger partial charge in [-0.2, -0.15) is 0 Å². The predicted octanol–water partition coefficient (Wildman–Crippen LogP) is 4.64. The molecule has 2 aromatic rings. The number of rotatable bonds is 6. The van der Waals surface area contributed by atoms with Crippen molar-refractivity contribution in [3.63, 3.8) is 0 Å². The Kier molecular flexibility index (Phi) is 6.67. The molecule has 156 valence electrons. The molecule has 1 aliphatic rings. The lowest BCUT2D eigenvalue weighted by molar-refractivity contribution is -0.115. The van der Waals surface area contributed by atoms with Crippen LogP contribution in [-0.4, -0.2) is 39.9 Å². The minimum atomic E-state index is -0.296. The molecule has 0 unspecified atom stereocenters. The standard InChI is InChI=1S/C22H20Br2N2O4/c1-25(13-5-9-15(29-3)10-6-13)19-17(23)22(28)20(18(24)21(19)27)26(2)14-7-11-16(30-4)12-8-14/h5-12H,1-4H3. The highest BCUT2D eigenvalue weighted by Gasteiger charge is 2.37. The molecule has 8 heteroatoms. The van der Waals surface area contributed by atoms with E-state index in [4.69, 9.17) is 9.47 Å². The second-order valence-corrected chi connectivity index (χ2v) is 8.08. The summed E-state index contributed by atoms with van der Waals surface area (Å²) < 4.78 is 10.8. The van der Waals surface area contributed by atoms with Gasteiger partial charge in [-0.25, -0.2) is 0 Å². The number of nitrogens with zero attached hydrogens (tertiary/aromatic N) is 2. The highest BCUT2D eigenvalue weighted by molar-refractivity contribution is 9.12. The number of likely N-dealkylation sites (N-methyl/N-ethyl adjacent to an activating group) is 2. The van der Waals surface area contributed by atoms with Gasteiger partial charge in [0, 0.05) is 25.5 Å². The zero-order valence-electron chi connectivity index (χ0n) is 16.9. The number of Topliss-reactive ketones (excluding diaryl/α,β-unsaturated/α-hetero) is 2. The van der Waals surface area contributed by atoms with Crippen LogP contribution in [0.4, 0.5) is 11.4 Å². The van der Waals surface area contributed by atoms with Crippen molar-refractivity contribution in [3.05, 3.63) is 68.9 Å². The van der Waals surface area contributed by atoms with Crippen LogP contribution in [0.3, 0.4) is 0 Å². The van der Waals surface area contributed by atoms with Gasteiger partial charge in [-0.1, -0.05) is 0 Å². The molecule has 0 bridgehead atoms.